The van der Waals surface area contributed by atoms with Gasteiger partial charge in [0, 0.05) is 23.1 Å². The molecule has 0 saturated carbocycles. The van der Waals surface area contributed by atoms with Crippen molar-refractivity contribution in [3.05, 3.63) is 96.1 Å². The fourth-order valence-corrected chi connectivity index (χ4v) is 3.17. The fourth-order valence-electron chi connectivity index (χ4n) is 3.17. The van der Waals surface area contributed by atoms with E-state index in [0.717, 1.165) is 11.4 Å². The zero-order valence-corrected chi connectivity index (χ0v) is 18.8. The Morgan fingerprint density at radius 1 is 0.824 bits per heavy atom. The van der Waals surface area contributed by atoms with E-state index in [9.17, 15) is 9.18 Å². The zero-order valence-electron chi connectivity index (χ0n) is 18.8. The van der Waals surface area contributed by atoms with Crippen LogP contribution in [0.3, 0.4) is 0 Å². The van der Waals surface area contributed by atoms with Crippen molar-refractivity contribution >= 4 is 34.6 Å². The molecule has 0 saturated heterocycles. The number of hydrogen-bond donors (Lipinski definition) is 3. The molecule has 0 atom stereocenters. The van der Waals surface area contributed by atoms with E-state index in [1.807, 2.05) is 56.3 Å². The van der Waals surface area contributed by atoms with Crippen LogP contribution in [0.15, 0.2) is 78.9 Å². The highest BCUT2D eigenvalue weighted by molar-refractivity contribution is 5.92. The lowest BCUT2D eigenvalue weighted by Gasteiger charge is -2.11. The molecule has 0 aliphatic rings. The summed E-state index contributed by atoms with van der Waals surface area (Å²) in [5, 5.41) is 9.25. The molecule has 1 amide bonds. The Bertz CT molecular complexity index is 1280. The van der Waals surface area contributed by atoms with Crippen LogP contribution in [0.2, 0.25) is 0 Å². The van der Waals surface area contributed by atoms with Crippen molar-refractivity contribution < 1.29 is 13.9 Å². The minimum Gasteiger partial charge on any atom is -0.481 e. The third-order valence-electron chi connectivity index (χ3n) is 4.80. The second-order valence-electron chi connectivity index (χ2n) is 7.65. The zero-order chi connectivity index (χ0) is 23.9. The smallest absolute Gasteiger partial charge is 0.262 e. The number of aromatic nitrogens is 2. The Kier molecular flexibility index (Phi) is 6.98. The van der Waals surface area contributed by atoms with Gasteiger partial charge in [-0.3, -0.25) is 4.79 Å². The molecule has 4 aromatic rings. The third kappa shape index (κ3) is 6.29. The van der Waals surface area contributed by atoms with E-state index >= 15 is 0 Å². The van der Waals surface area contributed by atoms with Gasteiger partial charge in [0.25, 0.3) is 5.91 Å². The van der Waals surface area contributed by atoms with E-state index in [4.69, 9.17) is 4.74 Å². The lowest BCUT2D eigenvalue weighted by atomic mass is 10.2. The summed E-state index contributed by atoms with van der Waals surface area (Å²) in [6.45, 7) is 3.57. The molecule has 8 heteroatoms. The average molecular weight is 458 g/mol. The van der Waals surface area contributed by atoms with Crippen molar-refractivity contribution in [2.45, 2.75) is 13.8 Å². The summed E-state index contributed by atoms with van der Waals surface area (Å²) in [5.41, 5.74) is 3.51. The number of nitrogens with one attached hydrogen (secondary N) is 3. The molecule has 0 fully saturated rings. The second-order valence-corrected chi connectivity index (χ2v) is 7.65. The highest BCUT2D eigenvalue weighted by Crippen LogP contribution is 2.22. The lowest BCUT2D eigenvalue weighted by molar-refractivity contribution is -0.118. The number of rotatable bonds is 8. The van der Waals surface area contributed by atoms with Gasteiger partial charge in [-0.15, -0.1) is 0 Å². The number of halogens is 1. The maximum absolute atomic E-state index is 13.6. The maximum atomic E-state index is 13.6. The topological polar surface area (TPSA) is 88.2 Å². The number of aryl methyl sites for hydroxylation is 2. The largest absolute Gasteiger partial charge is 0.481 e. The van der Waals surface area contributed by atoms with E-state index in [1.54, 1.807) is 24.3 Å². The molecule has 0 unspecified atom stereocenters. The summed E-state index contributed by atoms with van der Waals surface area (Å²) in [6.07, 6.45) is 0. The van der Waals surface area contributed by atoms with Crippen LogP contribution >= 0.6 is 0 Å². The van der Waals surface area contributed by atoms with E-state index in [1.165, 1.54) is 17.7 Å². The summed E-state index contributed by atoms with van der Waals surface area (Å²) >= 11 is 0. The summed E-state index contributed by atoms with van der Waals surface area (Å²) in [4.78, 5) is 21.0. The molecule has 3 N–H and O–H groups in total. The van der Waals surface area contributed by atoms with E-state index in [0.29, 0.717) is 23.1 Å². The SMILES string of the molecule is Cc1ccc(Nc2cc(Nc3ccc(NC(=O)COc4ccccc4F)cc3)nc(C)n2)cc1. The quantitative estimate of drug-likeness (QED) is 0.313. The first kappa shape index (κ1) is 22.7. The Morgan fingerprint density at radius 2 is 1.38 bits per heavy atom. The van der Waals surface area contributed by atoms with Crippen molar-refractivity contribution in [3.63, 3.8) is 0 Å². The first-order valence-electron chi connectivity index (χ1n) is 10.7. The van der Waals surface area contributed by atoms with Gasteiger partial charge in [0.1, 0.15) is 17.5 Å². The molecule has 0 spiro atoms. The molecular weight excluding hydrogens is 433 g/mol. The summed E-state index contributed by atoms with van der Waals surface area (Å²) in [5.74, 6) is 1.08. The van der Waals surface area contributed by atoms with Crippen LogP contribution in [-0.4, -0.2) is 22.5 Å². The second kappa shape index (κ2) is 10.4. The molecule has 0 aliphatic carbocycles. The lowest BCUT2D eigenvalue weighted by Crippen LogP contribution is -2.20. The maximum Gasteiger partial charge on any atom is 0.262 e. The van der Waals surface area contributed by atoms with Gasteiger partial charge in [0.05, 0.1) is 0 Å². The predicted octanol–water partition coefficient (Wildman–Crippen LogP) is 5.74. The van der Waals surface area contributed by atoms with Gasteiger partial charge in [-0.05, 0) is 62.4 Å². The minimum atomic E-state index is -0.511. The number of ether oxygens (including phenoxy) is 1. The first-order chi connectivity index (χ1) is 16.4. The standard InChI is InChI=1S/C26H24FN5O2/c1-17-7-9-19(10-8-17)30-24-15-25(29-18(2)28-24)31-20-11-13-21(14-12-20)32-26(33)16-34-23-6-4-3-5-22(23)27/h3-15H,16H2,1-2H3,(H,32,33)(H2,28,29,30,31). The number of carbonyl (C=O) groups is 1. The van der Waals surface area contributed by atoms with Crippen molar-refractivity contribution in [2.75, 3.05) is 22.6 Å². The Labute approximate surface area is 197 Å². The van der Waals surface area contributed by atoms with Gasteiger partial charge in [-0.1, -0.05) is 29.8 Å². The number of para-hydroxylation sites is 1. The number of anilines is 5. The first-order valence-corrected chi connectivity index (χ1v) is 10.7. The van der Waals surface area contributed by atoms with E-state index < -0.39 is 5.82 Å². The number of amides is 1. The molecule has 7 nitrogen and oxygen atoms in total. The number of hydrogen-bond acceptors (Lipinski definition) is 6. The number of carbonyl (C=O) groups excluding carboxylic acids is 1. The molecule has 1 heterocycles. The molecule has 34 heavy (non-hydrogen) atoms. The van der Waals surface area contributed by atoms with Gasteiger partial charge in [-0.2, -0.15) is 0 Å². The number of nitrogens with zero attached hydrogens (tertiary/aromatic N) is 2. The van der Waals surface area contributed by atoms with Gasteiger partial charge in [0.2, 0.25) is 0 Å². The summed E-state index contributed by atoms with van der Waals surface area (Å²) < 4.78 is 18.8. The van der Waals surface area contributed by atoms with Gasteiger partial charge in [0.15, 0.2) is 18.2 Å². The molecule has 3 aromatic carbocycles. The van der Waals surface area contributed by atoms with Crippen LogP contribution in [0.1, 0.15) is 11.4 Å². The Balaban J connectivity index is 1.35. The average Bonchev–Trinajstić information content (AvgIpc) is 2.81. The number of benzene rings is 3. The molecule has 1 aromatic heterocycles. The van der Waals surface area contributed by atoms with Crippen molar-refractivity contribution in [3.8, 4) is 5.75 Å². The van der Waals surface area contributed by atoms with Crippen LogP contribution in [-0.2, 0) is 4.79 Å². The molecule has 0 bridgehead atoms. The molecule has 0 aliphatic heterocycles. The molecule has 172 valence electrons. The minimum absolute atomic E-state index is 0.0357. The van der Waals surface area contributed by atoms with Crippen LogP contribution in [0.5, 0.6) is 5.75 Å². The van der Waals surface area contributed by atoms with Crippen LogP contribution in [0, 0.1) is 19.7 Å². The van der Waals surface area contributed by atoms with Crippen molar-refractivity contribution in [1.29, 1.82) is 0 Å². The van der Waals surface area contributed by atoms with Gasteiger partial charge >= 0.3 is 0 Å². The fraction of sp³-hybridized carbons (Fsp3) is 0.115. The molecular formula is C26H24FN5O2. The predicted molar refractivity (Wildman–Crippen MR) is 131 cm³/mol. The van der Waals surface area contributed by atoms with Crippen LogP contribution in [0.4, 0.5) is 33.1 Å². The molecule has 4 rings (SSSR count). The summed E-state index contributed by atoms with van der Waals surface area (Å²) in [7, 11) is 0. The van der Waals surface area contributed by atoms with Gasteiger partial charge in [-0.25, -0.2) is 14.4 Å². The highest BCUT2D eigenvalue weighted by Gasteiger charge is 2.08. The van der Waals surface area contributed by atoms with E-state index in [2.05, 4.69) is 25.9 Å². The van der Waals surface area contributed by atoms with Gasteiger partial charge < -0.3 is 20.7 Å². The summed E-state index contributed by atoms with van der Waals surface area (Å²) in [6, 6.07) is 23.0. The normalized spacial score (nSPS) is 10.4. The van der Waals surface area contributed by atoms with Crippen molar-refractivity contribution in [1.82, 2.24) is 9.97 Å². The monoisotopic (exact) mass is 457 g/mol. The van der Waals surface area contributed by atoms with E-state index in [-0.39, 0.29) is 18.3 Å². The Hall–Kier alpha value is -4.46. The van der Waals surface area contributed by atoms with Crippen LogP contribution in [0.25, 0.3) is 0 Å². The third-order valence-corrected chi connectivity index (χ3v) is 4.80. The Morgan fingerprint density at radius 3 is 2.00 bits per heavy atom. The van der Waals surface area contributed by atoms with Crippen molar-refractivity contribution in [2.24, 2.45) is 0 Å². The van der Waals surface area contributed by atoms with Crippen LogP contribution < -0.4 is 20.7 Å². The molecule has 0 radical (unpaired) electrons. The highest BCUT2D eigenvalue weighted by atomic mass is 19.1.